The number of benzene rings is 1. The lowest BCUT2D eigenvalue weighted by atomic mass is 10.2. The molecular weight excluding hydrogens is 379 g/mol. The van der Waals surface area contributed by atoms with Gasteiger partial charge in [0.15, 0.2) is 0 Å². The van der Waals surface area contributed by atoms with Gasteiger partial charge in [-0.15, -0.1) is 0 Å². The summed E-state index contributed by atoms with van der Waals surface area (Å²) in [4.78, 5) is 16.5. The zero-order chi connectivity index (χ0) is 16.2. The van der Waals surface area contributed by atoms with E-state index in [4.69, 9.17) is 0 Å². The van der Waals surface area contributed by atoms with E-state index in [-0.39, 0.29) is 11.7 Å². The van der Waals surface area contributed by atoms with Gasteiger partial charge < -0.3 is 4.90 Å². The number of rotatable bonds is 3. The molecule has 3 nitrogen and oxygen atoms in total. The molecule has 0 atom stereocenters. The predicted molar refractivity (Wildman–Crippen MR) is 94.2 cm³/mol. The van der Waals surface area contributed by atoms with Gasteiger partial charge in [-0.05, 0) is 30.0 Å². The van der Waals surface area contributed by atoms with Gasteiger partial charge in [0.2, 0.25) is 0 Å². The van der Waals surface area contributed by atoms with Crippen LogP contribution in [0.25, 0.3) is 0 Å². The number of amides is 1. The average molecular weight is 397 g/mol. The van der Waals surface area contributed by atoms with Gasteiger partial charge in [-0.1, -0.05) is 22.0 Å². The first kappa shape index (κ1) is 16.6. The molecule has 6 heteroatoms. The monoisotopic (exact) mass is 396 g/mol. The number of carbonyl (C=O) groups is 1. The van der Waals surface area contributed by atoms with E-state index in [9.17, 15) is 9.18 Å². The molecule has 0 aliphatic carbocycles. The maximum Gasteiger partial charge on any atom is 0.254 e. The smallest absolute Gasteiger partial charge is 0.254 e. The Labute approximate surface area is 147 Å². The van der Waals surface area contributed by atoms with Crippen molar-refractivity contribution in [1.29, 1.82) is 0 Å². The minimum absolute atomic E-state index is 0.0999. The molecule has 122 valence electrons. The fourth-order valence-electron chi connectivity index (χ4n) is 2.79. The van der Waals surface area contributed by atoms with Gasteiger partial charge >= 0.3 is 0 Å². The summed E-state index contributed by atoms with van der Waals surface area (Å²) < 4.78 is 14.7. The number of hydrogen-bond acceptors (Lipinski definition) is 3. The van der Waals surface area contributed by atoms with E-state index in [0.29, 0.717) is 18.7 Å². The van der Waals surface area contributed by atoms with Crippen LogP contribution in [0.15, 0.2) is 39.5 Å². The second kappa shape index (κ2) is 7.55. The van der Waals surface area contributed by atoms with Crippen molar-refractivity contribution in [1.82, 2.24) is 9.80 Å². The largest absolute Gasteiger partial charge is 0.337 e. The van der Waals surface area contributed by atoms with E-state index in [1.54, 1.807) is 0 Å². The number of thiophene rings is 1. The Morgan fingerprint density at radius 3 is 2.83 bits per heavy atom. The number of hydrogen-bond donors (Lipinski definition) is 0. The van der Waals surface area contributed by atoms with Gasteiger partial charge in [-0.2, -0.15) is 11.3 Å². The molecule has 0 radical (unpaired) electrons. The summed E-state index contributed by atoms with van der Waals surface area (Å²) in [6, 6.07) is 7.05. The highest BCUT2D eigenvalue weighted by atomic mass is 79.9. The lowest BCUT2D eigenvalue weighted by Crippen LogP contribution is -2.35. The molecule has 1 aromatic heterocycles. The van der Waals surface area contributed by atoms with Crippen molar-refractivity contribution < 1.29 is 9.18 Å². The molecule has 0 saturated carbocycles. The van der Waals surface area contributed by atoms with E-state index >= 15 is 0 Å². The standard InChI is InChI=1S/C17H18BrFN2OS/c18-15-3-2-13(16(19)10-15)11-20-5-1-6-21(8-7-20)17(22)14-4-9-23-12-14/h2-4,9-10,12H,1,5-8,11H2. The maximum absolute atomic E-state index is 14.0. The molecule has 1 aromatic carbocycles. The fourth-order valence-corrected chi connectivity index (χ4v) is 3.75. The Balaban J connectivity index is 1.61. The molecule has 1 saturated heterocycles. The normalized spacial score (nSPS) is 16.3. The van der Waals surface area contributed by atoms with Crippen molar-refractivity contribution in [2.45, 2.75) is 13.0 Å². The van der Waals surface area contributed by atoms with Crippen LogP contribution in [0.5, 0.6) is 0 Å². The van der Waals surface area contributed by atoms with Crippen LogP contribution >= 0.6 is 27.3 Å². The lowest BCUT2D eigenvalue weighted by Gasteiger charge is -2.22. The summed E-state index contributed by atoms with van der Waals surface area (Å²) in [5.41, 5.74) is 1.47. The Hall–Kier alpha value is -1.24. The van der Waals surface area contributed by atoms with Crippen LogP contribution in [0.4, 0.5) is 4.39 Å². The summed E-state index contributed by atoms with van der Waals surface area (Å²) in [5, 5.41) is 3.82. The molecule has 3 rings (SSSR count). The number of carbonyl (C=O) groups excluding carboxylic acids is 1. The van der Waals surface area contributed by atoms with Crippen LogP contribution < -0.4 is 0 Å². The minimum Gasteiger partial charge on any atom is -0.337 e. The van der Waals surface area contributed by atoms with E-state index in [1.165, 1.54) is 17.4 Å². The summed E-state index contributed by atoms with van der Waals surface area (Å²) >= 11 is 4.82. The summed E-state index contributed by atoms with van der Waals surface area (Å²) in [7, 11) is 0. The van der Waals surface area contributed by atoms with Gasteiger partial charge in [0.25, 0.3) is 5.91 Å². The molecule has 23 heavy (non-hydrogen) atoms. The van der Waals surface area contributed by atoms with Crippen LogP contribution in [-0.2, 0) is 6.54 Å². The molecule has 1 aliphatic heterocycles. The number of nitrogens with zero attached hydrogens (tertiary/aromatic N) is 2. The molecule has 1 aliphatic rings. The SMILES string of the molecule is O=C(c1ccsc1)N1CCCN(Cc2ccc(Br)cc2F)CC1. The highest BCUT2D eigenvalue weighted by Crippen LogP contribution is 2.18. The molecular formula is C17H18BrFN2OS. The first-order valence-corrected chi connectivity index (χ1v) is 9.35. The van der Waals surface area contributed by atoms with Crippen LogP contribution in [-0.4, -0.2) is 41.9 Å². The zero-order valence-corrected chi connectivity index (χ0v) is 15.1. The quantitative estimate of drug-likeness (QED) is 0.782. The van der Waals surface area contributed by atoms with Gasteiger partial charge in [-0.25, -0.2) is 4.39 Å². The van der Waals surface area contributed by atoms with Crippen LogP contribution in [0.1, 0.15) is 22.3 Å². The fraction of sp³-hybridized carbons (Fsp3) is 0.353. The molecule has 0 bridgehead atoms. The van der Waals surface area contributed by atoms with E-state index in [2.05, 4.69) is 20.8 Å². The van der Waals surface area contributed by atoms with Crippen LogP contribution in [0, 0.1) is 5.82 Å². The third kappa shape index (κ3) is 4.19. The number of halogens is 2. The average Bonchev–Trinajstić information content (AvgIpc) is 2.96. The second-order valence-electron chi connectivity index (χ2n) is 5.67. The third-order valence-corrected chi connectivity index (χ3v) is 5.23. The minimum atomic E-state index is -0.185. The van der Waals surface area contributed by atoms with E-state index in [0.717, 1.165) is 36.1 Å². The summed E-state index contributed by atoms with van der Waals surface area (Å²) in [6.45, 7) is 3.68. The Bertz CT molecular complexity index is 677. The van der Waals surface area contributed by atoms with Crippen LogP contribution in [0.2, 0.25) is 0 Å². The Morgan fingerprint density at radius 1 is 1.22 bits per heavy atom. The van der Waals surface area contributed by atoms with Gasteiger partial charge in [0, 0.05) is 48.1 Å². The predicted octanol–water partition coefficient (Wildman–Crippen LogP) is 4.00. The van der Waals surface area contributed by atoms with Gasteiger partial charge in [0.1, 0.15) is 5.82 Å². The van der Waals surface area contributed by atoms with Gasteiger partial charge in [0.05, 0.1) is 5.56 Å². The van der Waals surface area contributed by atoms with Crippen molar-refractivity contribution in [2.24, 2.45) is 0 Å². The van der Waals surface area contributed by atoms with Crippen molar-refractivity contribution in [3.05, 3.63) is 56.4 Å². The van der Waals surface area contributed by atoms with Gasteiger partial charge in [-0.3, -0.25) is 9.69 Å². The summed E-state index contributed by atoms with van der Waals surface area (Å²) in [5.74, 6) is -0.0854. The van der Waals surface area contributed by atoms with Crippen molar-refractivity contribution in [2.75, 3.05) is 26.2 Å². The van der Waals surface area contributed by atoms with Crippen molar-refractivity contribution >= 4 is 33.2 Å². The molecule has 2 heterocycles. The Morgan fingerprint density at radius 2 is 2.09 bits per heavy atom. The molecule has 0 N–H and O–H groups in total. The van der Waals surface area contributed by atoms with Crippen LogP contribution in [0.3, 0.4) is 0 Å². The second-order valence-corrected chi connectivity index (χ2v) is 7.37. The molecule has 0 spiro atoms. The highest BCUT2D eigenvalue weighted by molar-refractivity contribution is 9.10. The topological polar surface area (TPSA) is 23.6 Å². The maximum atomic E-state index is 14.0. The van der Waals surface area contributed by atoms with Crippen molar-refractivity contribution in [3.8, 4) is 0 Å². The first-order valence-electron chi connectivity index (χ1n) is 7.61. The third-order valence-electron chi connectivity index (χ3n) is 4.05. The highest BCUT2D eigenvalue weighted by Gasteiger charge is 2.21. The lowest BCUT2D eigenvalue weighted by molar-refractivity contribution is 0.0761. The first-order chi connectivity index (χ1) is 11.1. The molecule has 0 unspecified atom stereocenters. The Kier molecular flexibility index (Phi) is 5.46. The molecule has 2 aromatic rings. The molecule has 1 amide bonds. The molecule has 1 fully saturated rings. The van der Waals surface area contributed by atoms with E-state index < -0.39 is 0 Å². The zero-order valence-electron chi connectivity index (χ0n) is 12.7. The van der Waals surface area contributed by atoms with Crippen molar-refractivity contribution in [3.63, 3.8) is 0 Å². The van der Waals surface area contributed by atoms with E-state index in [1.807, 2.05) is 33.9 Å². The summed E-state index contributed by atoms with van der Waals surface area (Å²) in [6.07, 6.45) is 0.911.